The summed E-state index contributed by atoms with van der Waals surface area (Å²) in [6.07, 6.45) is 4.08. The second-order valence-electron chi connectivity index (χ2n) is 6.59. The summed E-state index contributed by atoms with van der Waals surface area (Å²) in [6.45, 7) is 6.69. The van der Waals surface area contributed by atoms with Crippen molar-refractivity contribution in [2.45, 2.75) is 39.5 Å². The van der Waals surface area contributed by atoms with Crippen molar-refractivity contribution in [3.05, 3.63) is 29.8 Å². The Labute approximate surface area is 150 Å². The minimum atomic E-state index is 0.0211. The fourth-order valence-electron chi connectivity index (χ4n) is 3.26. The van der Waals surface area contributed by atoms with E-state index in [0.29, 0.717) is 31.7 Å². The molecule has 0 N–H and O–H groups in total. The van der Waals surface area contributed by atoms with Crippen molar-refractivity contribution in [3.8, 4) is 5.75 Å². The van der Waals surface area contributed by atoms with E-state index in [1.54, 1.807) is 31.4 Å². The molecule has 1 heterocycles. The zero-order valence-electron chi connectivity index (χ0n) is 15.7. The number of methoxy groups -OCH3 is 1. The number of ether oxygens (including phenoxy) is 1. The number of nitrogens with zero attached hydrogens (tertiary/aromatic N) is 2. The number of rotatable bonds is 7. The highest BCUT2D eigenvalue weighted by molar-refractivity contribution is 5.94. The first-order valence-corrected chi connectivity index (χ1v) is 9.32. The van der Waals surface area contributed by atoms with Gasteiger partial charge in [0, 0.05) is 37.7 Å². The lowest BCUT2D eigenvalue weighted by atomic mass is 9.97. The van der Waals surface area contributed by atoms with Gasteiger partial charge in [-0.05, 0) is 37.1 Å². The first kappa shape index (κ1) is 19.3. The summed E-state index contributed by atoms with van der Waals surface area (Å²) >= 11 is 0. The van der Waals surface area contributed by atoms with Gasteiger partial charge in [0.2, 0.25) is 5.91 Å². The third-order valence-corrected chi connectivity index (χ3v) is 4.96. The topological polar surface area (TPSA) is 49.9 Å². The van der Waals surface area contributed by atoms with E-state index in [9.17, 15) is 9.59 Å². The van der Waals surface area contributed by atoms with Crippen LogP contribution in [0.25, 0.3) is 0 Å². The molecule has 0 saturated carbocycles. The van der Waals surface area contributed by atoms with E-state index in [1.165, 1.54) is 0 Å². The average molecular weight is 346 g/mol. The van der Waals surface area contributed by atoms with Gasteiger partial charge in [-0.1, -0.05) is 26.7 Å². The summed E-state index contributed by atoms with van der Waals surface area (Å²) in [6, 6.07) is 7.17. The molecule has 2 amide bonds. The predicted octanol–water partition coefficient (Wildman–Crippen LogP) is 3.20. The molecular weight excluding hydrogens is 316 g/mol. The molecule has 25 heavy (non-hydrogen) atoms. The molecule has 5 nitrogen and oxygen atoms in total. The van der Waals surface area contributed by atoms with Crippen molar-refractivity contribution in [1.82, 2.24) is 9.80 Å². The van der Waals surface area contributed by atoms with Crippen LogP contribution in [0.4, 0.5) is 0 Å². The van der Waals surface area contributed by atoms with Gasteiger partial charge < -0.3 is 14.5 Å². The molecule has 2 rings (SSSR count). The lowest BCUT2D eigenvalue weighted by Gasteiger charge is -2.36. The molecule has 0 aliphatic carbocycles. The molecule has 0 spiro atoms. The summed E-state index contributed by atoms with van der Waals surface area (Å²) in [5, 5.41) is 0. The van der Waals surface area contributed by atoms with Crippen LogP contribution in [-0.4, -0.2) is 54.9 Å². The molecule has 1 unspecified atom stereocenters. The molecule has 0 bridgehead atoms. The quantitative estimate of drug-likeness (QED) is 0.762. The molecular formula is C20H30N2O3. The maximum atomic E-state index is 12.7. The van der Waals surface area contributed by atoms with Crippen molar-refractivity contribution >= 4 is 11.8 Å². The number of hydrogen-bond acceptors (Lipinski definition) is 3. The fraction of sp³-hybridized carbons (Fsp3) is 0.600. The van der Waals surface area contributed by atoms with E-state index in [2.05, 4.69) is 13.8 Å². The summed E-state index contributed by atoms with van der Waals surface area (Å²) < 4.78 is 5.13. The number of amides is 2. The number of piperazine rings is 1. The van der Waals surface area contributed by atoms with Crippen LogP contribution in [-0.2, 0) is 4.79 Å². The van der Waals surface area contributed by atoms with E-state index < -0.39 is 0 Å². The smallest absolute Gasteiger partial charge is 0.253 e. The molecule has 1 fully saturated rings. The SMILES string of the molecule is CCCCC(CC)C(=O)N1CCN(C(=O)c2ccc(OC)cc2)CC1. The number of carbonyl (C=O) groups excluding carboxylic acids is 2. The maximum absolute atomic E-state index is 12.7. The van der Waals surface area contributed by atoms with Gasteiger partial charge in [0.25, 0.3) is 5.91 Å². The van der Waals surface area contributed by atoms with Gasteiger partial charge in [-0.15, -0.1) is 0 Å². The van der Waals surface area contributed by atoms with Crippen LogP contribution in [0.1, 0.15) is 49.9 Å². The normalized spacial score (nSPS) is 15.8. The predicted molar refractivity (Wildman–Crippen MR) is 98.8 cm³/mol. The number of carbonyl (C=O) groups is 2. The standard InChI is InChI=1S/C20H30N2O3/c1-4-6-7-16(5-2)19(23)21-12-14-22(15-13-21)20(24)17-8-10-18(25-3)11-9-17/h8-11,16H,4-7,12-15H2,1-3H3. The minimum absolute atomic E-state index is 0.0211. The second kappa shape index (κ2) is 9.44. The minimum Gasteiger partial charge on any atom is -0.497 e. The van der Waals surface area contributed by atoms with Crippen molar-refractivity contribution in [1.29, 1.82) is 0 Å². The van der Waals surface area contributed by atoms with Gasteiger partial charge in [0.1, 0.15) is 5.75 Å². The first-order valence-electron chi connectivity index (χ1n) is 9.32. The summed E-state index contributed by atoms with van der Waals surface area (Å²) in [5.74, 6) is 1.15. The molecule has 1 aromatic rings. The van der Waals surface area contributed by atoms with Crippen LogP contribution in [0.2, 0.25) is 0 Å². The molecule has 5 heteroatoms. The van der Waals surface area contributed by atoms with Gasteiger partial charge in [0.15, 0.2) is 0 Å². The Morgan fingerprint density at radius 1 is 1.04 bits per heavy atom. The summed E-state index contributed by atoms with van der Waals surface area (Å²) in [4.78, 5) is 29.0. The maximum Gasteiger partial charge on any atom is 0.253 e. The average Bonchev–Trinajstić information content (AvgIpc) is 2.68. The highest BCUT2D eigenvalue weighted by Gasteiger charge is 2.28. The number of benzene rings is 1. The van der Waals surface area contributed by atoms with Crippen LogP contribution in [0.15, 0.2) is 24.3 Å². The van der Waals surface area contributed by atoms with Crippen molar-refractivity contribution in [3.63, 3.8) is 0 Å². The molecule has 1 aromatic carbocycles. The Balaban J connectivity index is 1.89. The van der Waals surface area contributed by atoms with Gasteiger partial charge in [-0.25, -0.2) is 0 Å². The first-order chi connectivity index (χ1) is 12.1. The number of unbranched alkanes of at least 4 members (excludes halogenated alkanes) is 1. The molecule has 1 saturated heterocycles. The Morgan fingerprint density at radius 2 is 1.64 bits per heavy atom. The van der Waals surface area contributed by atoms with Crippen molar-refractivity contribution in [2.75, 3.05) is 33.3 Å². The Morgan fingerprint density at radius 3 is 2.16 bits per heavy atom. The zero-order chi connectivity index (χ0) is 18.2. The van der Waals surface area contributed by atoms with Gasteiger partial charge >= 0.3 is 0 Å². The van der Waals surface area contributed by atoms with Gasteiger partial charge in [-0.2, -0.15) is 0 Å². The highest BCUT2D eigenvalue weighted by atomic mass is 16.5. The lowest BCUT2D eigenvalue weighted by molar-refractivity contribution is -0.137. The van der Waals surface area contributed by atoms with Gasteiger partial charge in [0.05, 0.1) is 7.11 Å². The zero-order valence-corrected chi connectivity index (χ0v) is 15.7. The van der Waals surface area contributed by atoms with Gasteiger partial charge in [-0.3, -0.25) is 9.59 Å². The van der Waals surface area contributed by atoms with Crippen molar-refractivity contribution in [2.24, 2.45) is 5.92 Å². The van der Waals surface area contributed by atoms with E-state index in [-0.39, 0.29) is 17.7 Å². The second-order valence-corrected chi connectivity index (χ2v) is 6.59. The van der Waals surface area contributed by atoms with Crippen LogP contribution >= 0.6 is 0 Å². The molecule has 1 aliphatic heterocycles. The van der Waals surface area contributed by atoms with Crippen LogP contribution in [0.5, 0.6) is 5.75 Å². The van der Waals surface area contributed by atoms with E-state index in [0.717, 1.165) is 31.4 Å². The van der Waals surface area contributed by atoms with Crippen LogP contribution in [0.3, 0.4) is 0 Å². The van der Waals surface area contributed by atoms with E-state index in [1.807, 2.05) is 9.80 Å². The Hall–Kier alpha value is -2.04. The van der Waals surface area contributed by atoms with Crippen molar-refractivity contribution < 1.29 is 14.3 Å². The van der Waals surface area contributed by atoms with E-state index >= 15 is 0 Å². The third-order valence-electron chi connectivity index (χ3n) is 4.96. The summed E-state index contributed by atoms with van der Waals surface area (Å²) in [7, 11) is 1.61. The Bertz CT molecular complexity index is 563. The largest absolute Gasteiger partial charge is 0.497 e. The molecule has 1 aliphatic rings. The molecule has 0 radical (unpaired) electrons. The number of hydrogen-bond donors (Lipinski definition) is 0. The monoisotopic (exact) mass is 346 g/mol. The molecule has 0 aromatic heterocycles. The lowest BCUT2D eigenvalue weighted by Crippen LogP contribution is -2.52. The van der Waals surface area contributed by atoms with Crippen LogP contribution in [0, 0.1) is 5.92 Å². The van der Waals surface area contributed by atoms with E-state index in [4.69, 9.17) is 4.74 Å². The summed E-state index contributed by atoms with van der Waals surface area (Å²) in [5.41, 5.74) is 0.662. The Kier molecular flexibility index (Phi) is 7.29. The molecule has 138 valence electrons. The fourth-order valence-corrected chi connectivity index (χ4v) is 3.26. The van der Waals surface area contributed by atoms with Crippen LogP contribution < -0.4 is 4.74 Å². The third kappa shape index (κ3) is 4.97. The highest BCUT2D eigenvalue weighted by Crippen LogP contribution is 2.18. The molecule has 1 atom stereocenters.